The van der Waals surface area contributed by atoms with Crippen LogP contribution in [0.25, 0.3) is 0 Å². The first-order valence-corrected chi connectivity index (χ1v) is 8.96. The molecule has 3 heterocycles. The number of hydrogen-bond acceptors (Lipinski definition) is 5. The van der Waals surface area contributed by atoms with Gasteiger partial charge in [0.05, 0.1) is 30.8 Å². The van der Waals surface area contributed by atoms with E-state index in [0.29, 0.717) is 6.61 Å². The number of aryl methyl sites for hydroxylation is 1. The van der Waals surface area contributed by atoms with Crippen molar-refractivity contribution < 1.29 is 32.6 Å². The van der Waals surface area contributed by atoms with Gasteiger partial charge in [-0.05, 0) is 12.8 Å². The fourth-order valence-electron chi connectivity index (χ4n) is 3.45. The van der Waals surface area contributed by atoms with Crippen LogP contribution in [0.15, 0.2) is 12.5 Å². The van der Waals surface area contributed by atoms with Crippen LogP contribution >= 0.6 is 0 Å². The quantitative estimate of drug-likeness (QED) is 0.796. The van der Waals surface area contributed by atoms with Crippen LogP contribution in [0.4, 0.5) is 13.2 Å². The summed E-state index contributed by atoms with van der Waals surface area (Å²) in [5.74, 6) is -2.58. The monoisotopic (exact) mass is 406 g/mol. The Morgan fingerprint density at radius 1 is 1.29 bits per heavy atom. The summed E-state index contributed by atoms with van der Waals surface area (Å²) in [7, 11) is 2.03. The lowest BCUT2D eigenvalue weighted by atomic mass is 10.0. The Morgan fingerprint density at radius 2 is 1.93 bits per heavy atom. The zero-order chi connectivity index (χ0) is 20.9. The van der Waals surface area contributed by atoms with Gasteiger partial charge in [0.15, 0.2) is 0 Å². The van der Waals surface area contributed by atoms with Crippen LogP contribution in [-0.2, 0) is 27.9 Å². The van der Waals surface area contributed by atoms with E-state index >= 15 is 0 Å². The maximum Gasteiger partial charge on any atom is 0.490 e. The lowest BCUT2D eigenvalue weighted by Gasteiger charge is -2.39. The lowest BCUT2D eigenvalue weighted by molar-refractivity contribution is -0.192. The van der Waals surface area contributed by atoms with Crippen LogP contribution < -0.4 is 0 Å². The molecular formula is C17H25F3N4O4. The summed E-state index contributed by atoms with van der Waals surface area (Å²) in [6.45, 7) is 6.00. The van der Waals surface area contributed by atoms with Gasteiger partial charge in [-0.1, -0.05) is 0 Å². The second-order valence-corrected chi connectivity index (χ2v) is 6.84. The molecule has 0 aliphatic carbocycles. The highest BCUT2D eigenvalue weighted by molar-refractivity contribution is 5.74. The minimum Gasteiger partial charge on any atom is -0.475 e. The number of carboxylic acid groups (broad SMARTS) is 1. The summed E-state index contributed by atoms with van der Waals surface area (Å²) < 4.78 is 39.7. The van der Waals surface area contributed by atoms with Crippen LogP contribution in [-0.4, -0.2) is 80.9 Å². The van der Waals surface area contributed by atoms with Gasteiger partial charge in [-0.2, -0.15) is 13.2 Å². The first-order valence-electron chi connectivity index (χ1n) is 8.96. The number of aliphatic carboxylic acids is 1. The molecule has 1 N–H and O–H groups in total. The number of amides is 1. The second-order valence-electron chi connectivity index (χ2n) is 6.84. The molecule has 0 bridgehead atoms. The molecule has 11 heteroatoms. The fourth-order valence-corrected chi connectivity index (χ4v) is 3.45. The van der Waals surface area contributed by atoms with E-state index in [-0.39, 0.29) is 18.1 Å². The topological polar surface area (TPSA) is 87.9 Å². The minimum absolute atomic E-state index is 0.174. The van der Waals surface area contributed by atoms with E-state index in [1.165, 1.54) is 5.69 Å². The number of rotatable bonds is 2. The van der Waals surface area contributed by atoms with Crippen molar-refractivity contribution in [2.75, 3.05) is 26.2 Å². The van der Waals surface area contributed by atoms with E-state index in [1.807, 2.05) is 24.5 Å². The molecule has 2 fully saturated rings. The number of aromatic nitrogens is 2. The summed E-state index contributed by atoms with van der Waals surface area (Å²) in [6.07, 6.45) is 0.859. The number of carbonyl (C=O) groups is 2. The maximum absolute atomic E-state index is 11.8. The Hall–Kier alpha value is -2.14. The molecule has 8 nitrogen and oxygen atoms in total. The Labute approximate surface area is 160 Å². The molecular weight excluding hydrogens is 381 g/mol. The largest absolute Gasteiger partial charge is 0.490 e. The highest BCUT2D eigenvalue weighted by Crippen LogP contribution is 2.24. The van der Waals surface area contributed by atoms with E-state index in [0.717, 1.165) is 39.0 Å². The average Bonchev–Trinajstić information content (AvgIpc) is 2.89. The van der Waals surface area contributed by atoms with Crippen LogP contribution in [0.3, 0.4) is 0 Å². The van der Waals surface area contributed by atoms with Gasteiger partial charge >= 0.3 is 12.1 Å². The van der Waals surface area contributed by atoms with Crippen molar-refractivity contribution in [3.05, 3.63) is 18.2 Å². The average molecular weight is 406 g/mol. The van der Waals surface area contributed by atoms with Gasteiger partial charge in [-0.3, -0.25) is 9.69 Å². The highest BCUT2D eigenvalue weighted by Gasteiger charge is 2.38. The molecule has 2 unspecified atom stereocenters. The number of alkyl halides is 3. The van der Waals surface area contributed by atoms with Crippen LogP contribution in [0.1, 0.15) is 25.5 Å². The highest BCUT2D eigenvalue weighted by atomic mass is 19.4. The number of morpholine rings is 1. The van der Waals surface area contributed by atoms with E-state index in [1.54, 1.807) is 6.92 Å². The van der Waals surface area contributed by atoms with E-state index < -0.39 is 12.1 Å². The minimum atomic E-state index is -5.08. The smallest absolute Gasteiger partial charge is 0.475 e. The molecule has 2 aliphatic rings. The summed E-state index contributed by atoms with van der Waals surface area (Å²) in [5.41, 5.74) is 1.23. The van der Waals surface area contributed by atoms with E-state index in [2.05, 4.69) is 14.5 Å². The van der Waals surface area contributed by atoms with Crippen molar-refractivity contribution >= 4 is 11.9 Å². The second kappa shape index (κ2) is 9.37. The predicted molar refractivity (Wildman–Crippen MR) is 92.3 cm³/mol. The Morgan fingerprint density at radius 3 is 2.46 bits per heavy atom. The Bertz CT molecular complexity index is 680. The molecule has 2 atom stereocenters. The van der Waals surface area contributed by atoms with E-state index in [4.69, 9.17) is 14.6 Å². The zero-order valence-electron chi connectivity index (χ0n) is 15.9. The molecule has 2 saturated heterocycles. The van der Waals surface area contributed by atoms with Gasteiger partial charge in [0.1, 0.15) is 0 Å². The fraction of sp³-hybridized carbons (Fsp3) is 0.706. The molecule has 28 heavy (non-hydrogen) atoms. The number of ether oxygens (including phenoxy) is 1. The summed E-state index contributed by atoms with van der Waals surface area (Å²) >= 11 is 0. The third-order valence-corrected chi connectivity index (χ3v) is 4.91. The zero-order valence-corrected chi connectivity index (χ0v) is 15.9. The third-order valence-electron chi connectivity index (χ3n) is 4.91. The molecule has 1 aromatic rings. The molecule has 0 saturated carbocycles. The van der Waals surface area contributed by atoms with Crippen molar-refractivity contribution in [3.8, 4) is 0 Å². The lowest BCUT2D eigenvalue weighted by Crippen LogP contribution is -2.52. The standard InChI is InChI=1S/C15H24N4O2.C2HF3O2/c1-12(20)19-7-8-21-15-4-6-18(5-3-14(15)19)10-13-9-16-11-17(13)2;3-2(4,5)1(6)7/h9,11,14-15H,3-8,10H2,1-2H3;(H,6,7). The van der Waals surface area contributed by atoms with E-state index in [9.17, 15) is 18.0 Å². The van der Waals surface area contributed by atoms with Crippen LogP contribution in [0.2, 0.25) is 0 Å². The number of likely N-dealkylation sites (tertiary alicyclic amines) is 1. The number of carboxylic acids is 1. The van der Waals surface area contributed by atoms with Crippen LogP contribution in [0, 0.1) is 0 Å². The SMILES string of the molecule is CC(=O)N1CCOC2CCN(Cc3cncn3C)CCC21.O=C(O)C(F)(F)F. The van der Waals surface area contributed by atoms with Gasteiger partial charge in [-0.25, -0.2) is 9.78 Å². The van der Waals surface area contributed by atoms with Gasteiger partial charge < -0.3 is 19.3 Å². The molecule has 3 rings (SSSR count). The molecule has 1 amide bonds. The molecule has 0 radical (unpaired) electrons. The van der Waals surface area contributed by atoms with Crippen LogP contribution in [0.5, 0.6) is 0 Å². The predicted octanol–water partition coefficient (Wildman–Crippen LogP) is 1.27. The third kappa shape index (κ3) is 5.93. The molecule has 158 valence electrons. The van der Waals surface area contributed by atoms with Gasteiger partial charge in [0, 0.05) is 46.3 Å². The van der Waals surface area contributed by atoms with Crippen molar-refractivity contribution in [1.29, 1.82) is 0 Å². The molecule has 0 spiro atoms. The number of imidazole rings is 1. The van der Waals surface area contributed by atoms with Crippen molar-refractivity contribution in [2.45, 2.75) is 44.6 Å². The Balaban J connectivity index is 0.000000345. The summed E-state index contributed by atoms with van der Waals surface area (Å²) in [5, 5.41) is 7.12. The van der Waals surface area contributed by atoms with Crippen molar-refractivity contribution in [2.24, 2.45) is 7.05 Å². The summed E-state index contributed by atoms with van der Waals surface area (Å²) in [6, 6.07) is 0.243. The number of halogens is 3. The first-order chi connectivity index (χ1) is 13.1. The summed E-state index contributed by atoms with van der Waals surface area (Å²) in [4.78, 5) is 29.3. The maximum atomic E-state index is 11.8. The Kier molecular flexibility index (Phi) is 7.41. The van der Waals surface area contributed by atoms with Crippen molar-refractivity contribution in [3.63, 3.8) is 0 Å². The van der Waals surface area contributed by atoms with Gasteiger partial charge in [0.2, 0.25) is 5.91 Å². The molecule has 0 aromatic carbocycles. The number of nitrogens with zero attached hydrogens (tertiary/aromatic N) is 4. The number of hydrogen-bond donors (Lipinski definition) is 1. The van der Waals surface area contributed by atoms with Gasteiger partial charge in [-0.15, -0.1) is 0 Å². The molecule has 1 aromatic heterocycles. The normalized spacial score (nSPS) is 23.2. The molecule has 2 aliphatic heterocycles. The van der Waals surface area contributed by atoms with Gasteiger partial charge in [0.25, 0.3) is 0 Å². The van der Waals surface area contributed by atoms with Crippen molar-refractivity contribution in [1.82, 2.24) is 19.4 Å². The first kappa shape index (κ1) is 22.2. The number of fused-ring (bicyclic) bond motifs is 1. The number of carbonyl (C=O) groups excluding carboxylic acids is 1.